The van der Waals surface area contributed by atoms with Crippen molar-refractivity contribution in [2.75, 3.05) is 13.1 Å². The highest BCUT2D eigenvalue weighted by molar-refractivity contribution is 4.92. The second-order valence-electron chi connectivity index (χ2n) is 3.91. The molecule has 0 bridgehead atoms. The second-order valence-corrected chi connectivity index (χ2v) is 3.91. The van der Waals surface area contributed by atoms with Crippen molar-refractivity contribution >= 4 is 0 Å². The summed E-state index contributed by atoms with van der Waals surface area (Å²) < 4.78 is 0. The van der Waals surface area contributed by atoms with E-state index < -0.39 is 0 Å². The average Bonchev–Trinajstić information content (AvgIpc) is 2.05. The van der Waals surface area contributed by atoms with Crippen LogP contribution in [0.2, 0.25) is 0 Å². The Balaban J connectivity index is 1.94. The van der Waals surface area contributed by atoms with Crippen LogP contribution in [0.3, 0.4) is 0 Å². The molecule has 4 nitrogen and oxygen atoms in total. The molecule has 0 aromatic carbocycles. The highest BCUT2D eigenvalue weighted by Gasteiger charge is 2.31. The van der Waals surface area contributed by atoms with E-state index in [-0.39, 0.29) is 0 Å². The van der Waals surface area contributed by atoms with Gasteiger partial charge in [-0.2, -0.15) is 0 Å². The van der Waals surface area contributed by atoms with Crippen LogP contribution in [-0.4, -0.2) is 37.5 Å². The first-order valence-electron chi connectivity index (χ1n) is 4.74. The summed E-state index contributed by atoms with van der Waals surface area (Å²) in [5.41, 5.74) is 0. The second kappa shape index (κ2) is 3.30. The van der Waals surface area contributed by atoms with Crippen molar-refractivity contribution < 1.29 is 0 Å². The normalized spacial score (nSPS) is 48.5. The predicted octanol–water partition coefficient (Wildman–Crippen LogP) is -1.20. The van der Waals surface area contributed by atoms with E-state index in [1.54, 1.807) is 0 Å². The van der Waals surface area contributed by atoms with Crippen molar-refractivity contribution in [3.8, 4) is 0 Å². The quantitative estimate of drug-likeness (QED) is 0.369. The van der Waals surface area contributed by atoms with Crippen molar-refractivity contribution in [2.45, 2.75) is 38.3 Å². The first kappa shape index (κ1) is 8.44. The molecule has 0 aliphatic carbocycles. The van der Waals surface area contributed by atoms with E-state index in [2.05, 4.69) is 35.1 Å². The Kier molecular flexibility index (Phi) is 2.32. The molecule has 0 aromatic rings. The summed E-state index contributed by atoms with van der Waals surface area (Å²) in [4.78, 5) is 0. The van der Waals surface area contributed by atoms with Crippen molar-refractivity contribution in [1.82, 2.24) is 21.3 Å². The molecule has 2 heterocycles. The predicted molar refractivity (Wildman–Crippen MR) is 48.8 cm³/mol. The lowest BCUT2D eigenvalue weighted by Crippen LogP contribution is -2.74. The smallest absolute Gasteiger partial charge is 0.0869 e. The molecule has 4 atom stereocenters. The van der Waals surface area contributed by atoms with E-state index in [0.717, 1.165) is 13.1 Å². The number of hydrogen-bond acceptors (Lipinski definition) is 4. The largest absolute Gasteiger partial charge is 0.298 e. The first-order valence-corrected chi connectivity index (χ1v) is 4.74. The van der Waals surface area contributed by atoms with Crippen molar-refractivity contribution in [3.05, 3.63) is 0 Å². The van der Waals surface area contributed by atoms with Gasteiger partial charge in [0.1, 0.15) is 0 Å². The van der Waals surface area contributed by atoms with Crippen LogP contribution in [0, 0.1) is 0 Å². The SMILES string of the molecule is C[C@@H]1CN[C@H]2N[C@@H](C)CN[C@@H]2N1. The van der Waals surface area contributed by atoms with Gasteiger partial charge < -0.3 is 0 Å². The maximum absolute atomic E-state index is 3.50. The summed E-state index contributed by atoms with van der Waals surface area (Å²) in [6.07, 6.45) is 0.787. The minimum atomic E-state index is 0.393. The molecule has 0 aromatic heterocycles. The van der Waals surface area contributed by atoms with E-state index in [0.29, 0.717) is 24.4 Å². The van der Waals surface area contributed by atoms with Crippen LogP contribution < -0.4 is 21.3 Å². The Bertz CT molecular complexity index is 143. The fraction of sp³-hybridized carbons (Fsp3) is 1.00. The van der Waals surface area contributed by atoms with E-state index in [1.807, 2.05) is 0 Å². The Morgan fingerprint density at radius 3 is 1.67 bits per heavy atom. The molecule has 0 spiro atoms. The van der Waals surface area contributed by atoms with Gasteiger partial charge in [-0.3, -0.25) is 21.3 Å². The fourth-order valence-electron chi connectivity index (χ4n) is 1.88. The Labute approximate surface area is 73.5 Å². The first-order chi connectivity index (χ1) is 5.75. The molecule has 12 heavy (non-hydrogen) atoms. The standard InChI is InChI=1S/C8H18N4/c1-5-3-9-8-7(11-5)10-4-6(2)12-8/h5-12H,3-4H2,1-2H3/t5-,6+,7-,8+. The molecule has 2 rings (SSSR count). The highest BCUT2D eigenvalue weighted by atomic mass is 15.3. The summed E-state index contributed by atoms with van der Waals surface area (Å²) in [6.45, 7) is 6.48. The molecule has 2 aliphatic heterocycles. The molecule has 0 amide bonds. The lowest BCUT2D eigenvalue weighted by molar-refractivity contribution is 0.161. The van der Waals surface area contributed by atoms with E-state index >= 15 is 0 Å². The van der Waals surface area contributed by atoms with Gasteiger partial charge >= 0.3 is 0 Å². The molecule has 4 N–H and O–H groups in total. The van der Waals surface area contributed by atoms with Crippen LogP contribution in [-0.2, 0) is 0 Å². The maximum Gasteiger partial charge on any atom is 0.0869 e. The number of hydrogen-bond donors (Lipinski definition) is 4. The summed E-state index contributed by atoms with van der Waals surface area (Å²) in [7, 11) is 0. The van der Waals surface area contributed by atoms with Crippen LogP contribution in [0.4, 0.5) is 0 Å². The van der Waals surface area contributed by atoms with E-state index in [4.69, 9.17) is 0 Å². The lowest BCUT2D eigenvalue weighted by Gasteiger charge is -2.43. The molecule has 2 aliphatic rings. The van der Waals surface area contributed by atoms with Crippen LogP contribution in [0.1, 0.15) is 13.8 Å². The summed E-state index contributed by atoms with van der Waals surface area (Å²) in [6, 6.07) is 1.13. The van der Waals surface area contributed by atoms with Crippen molar-refractivity contribution in [1.29, 1.82) is 0 Å². The third-order valence-corrected chi connectivity index (χ3v) is 2.55. The molecule has 70 valence electrons. The average molecular weight is 170 g/mol. The Morgan fingerprint density at radius 1 is 0.833 bits per heavy atom. The van der Waals surface area contributed by atoms with Gasteiger partial charge in [0, 0.05) is 25.2 Å². The molecule has 2 saturated heterocycles. The summed E-state index contributed by atoms with van der Waals surface area (Å²) in [5.74, 6) is 0. The monoisotopic (exact) mass is 170 g/mol. The van der Waals surface area contributed by atoms with Crippen LogP contribution in [0.15, 0.2) is 0 Å². The zero-order chi connectivity index (χ0) is 8.55. The zero-order valence-electron chi connectivity index (χ0n) is 7.72. The fourth-order valence-corrected chi connectivity index (χ4v) is 1.88. The Hall–Kier alpha value is -0.160. The topological polar surface area (TPSA) is 48.1 Å². The molecule has 0 saturated carbocycles. The van der Waals surface area contributed by atoms with Crippen LogP contribution in [0.5, 0.6) is 0 Å². The lowest BCUT2D eigenvalue weighted by atomic mass is 10.1. The number of fused-ring (bicyclic) bond motifs is 1. The van der Waals surface area contributed by atoms with Gasteiger partial charge in [0.25, 0.3) is 0 Å². The van der Waals surface area contributed by atoms with Gasteiger partial charge in [-0.25, -0.2) is 0 Å². The van der Waals surface area contributed by atoms with E-state index in [9.17, 15) is 0 Å². The van der Waals surface area contributed by atoms with Crippen LogP contribution in [0.25, 0.3) is 0 Å². The molecular weight excluding hydrogens is 152 g/mol. The van der Waals surface area contributed by atoms with Gasteiger partial charge in [0.15, 0.2) is 0 Å². The molecule has 2 fully saturated rings. The van der Waals surface area contributed by atoms with Crippen molar-refractivity contribution in [2.24, 2.45) is 0 Å². The minimum Gasteiger partial charge on any atom is -0.298 e. The van der Waals surface area contributed by atoms with Gasteiger partial charge in [0.05, 0.1) is 12.3 Å². The van der Waals surface area contributed by atoms with E-state index in [1.165, 1.54) is 0 Å². The number of rotatable bonds is 0. The number of piperazine rings is 2. The third kappa shape index (κ3) is 1.61. The van der Waals surface area contributed by atoms with Crippen LogP contribution >= 0.6 is 0 Å². The molecule has 0 radical (unpaired) electrons. The Morgan fingerprint density at radius 2 is 1.25 bits per heavy atom. The van der Waals surface area contributed by atoms with Gasteiger partial charge in [-0.1, -0.05) is 0 Å². The summed E-state index contributed by atoms with van der Waals surface area (Å²) >= 11 is 0. The number of nitrogens with one attached hydrogen (secondary N) is 4. The summed E-state index contributed by atoms with van der Waals surface area (Å²) in [5, 5.41) is 13.9. The zero-order valence-corrected chi connectivity index (χ0v) is 7.72. The van der Waals surface area contributed by atoms with Gasteiger partial charge in [-0.15, -0.1) is 0 Å². The highest BCUT2D eigenvalue weighted by Crippen LogP contribution is 2.02. The van der Waals surface area contributed by atoms with Crippen molar-refractivity contribution in [3.63, 3.8) is 0 Å². The third-order valence-electron chi connectivity index (χ3n) is 2.55. The maximum atomic E-state index is 3.50. The molecule has 4 heteroatoms. The van der Waals surface area contributed by atoms with Gasteiger partial charge in [-0.05, 0) is 13.8 Å². The molecular formula is C8H18N4. The minimum absolute atomic E-state index is 0.393. The van der Waals surface area contributed by atoms with Gasteiger partial charge in [0.2, 0.25) is 0 Å². The molecule has 0 unspecified atom stereocenters.